The molecule has 0 amide bonds. The molecular weight excluding hydrogens is 267 g/mol. The van der Waals surface area contributed by atoms with Gasteiger partial charge in [-0.05, 0) is 42.2 Å². The number of benzene rings is 1. The Morgan fingerprint density at radius 3 is 2.63 bits per heavy atom. The van der Waals surface area contributed by atoms with Gasteiger partial charge in [0.1, 0.15) is 11.6 Å². The lowest BCUT2D eigenvalue weighted by molar-refractivity contribution is 0.140. The lowest BCUT2D eigenvalue weighted by Gasteiger charge is -2.13. The lowest BCUT2D eigenvalue weighted by Crippen LogP contribution is -2.03. The Labute approximate surface area is 117 Å². The van der Waals surface area contributed by atoms with Crippen LogP contribution in [-0.2, 0) is 11.3 Å². The third kappa shape index (κ3) is 3.82. The molecule has 4 heteroatoms. The van der Waals surface area contributed by atoms with E-state index in [0.717, 1.165) is 23.3 Å². The Balaban J connectivity index is 1.86. The van der Waals surface area contributed by atoms with Gasteiger partial charge in [0.15, 0.2) is 0 Å². The molecule has 0 spiro atoms. The zero-order chi connectivity index (χ0) is 13.7. The second kappa shape index (κ2) is 6.73. The quantitative estimate of drug-likeness (QED) is 0.799. The van der Waals surface area contributed by atoms with Crippen LogP contribution in [-0.4, -0.2) is 13.7 Å². The third-order valence-electron chi connectivity index (χ3n) is 2.99. The lowest BCUT2D eigenvalue weighted by atomic mass is 10.1. The maximum atomic E-state index is 13.3. The summed E-state index contributed by atoms with van der Waals surface area (Å²) in [6.45, 7) is 0.842. The van der Waals surface area contributed by atoms with Crippen LogP contribution in [0, 0.1) is 0 Å². The van der Waals surface area contributed by atoms with Crippen molar-refractivity contribution in [1.29, 1.82) is 0 Å². The molecule has 1 aromatic rings. The SMILES string of the molecule is COc1ccc(COCC2=C(Cl)C(F)=CCC2)cc1. The molecule has 1 aromatic carbocycles. The van der Waals surface area contributed by atoms with E-state index in [1.54, 1.807) is 7.11 Å². The normalized spacial score (nSPS) is 15.4. The highest BCUT2D eigenvalue weighted by Gasteiger charge is 2.13. The van der Waals surface area contributed by atoms with Gasteiger partial charge in [0.05, 0.1) is 25.4 Å². The van der Waals surface area contributed by atoms with Gasteiger partial charge in [-0.25, -0.2) is 4.39 Å². The molecule has 0 bridgehead atoms. The Morgan fingerprint density at radius 2 is 1.95 bits per heavy atom. The zero-order valence-corrected chi connectivity index (χ0v) is 11.5. The summed E-state index contributed by atoms with van der Waals surface area (Å²) in [6.07, 6.45) is 2.95. The average molecular weight is 283 g/mol. The number of halogens is 2. The second-order valence-electron chi connectivity index (χ2n) is 4.35. The average Bonchev–Trinajstić information content (AvgIpc) is 2.44. The molecule has 0 atom stereocenters. The van der Waals surface area contributed by atoms with Crippen molar-refractivity contribution in [3.63, 3.8) is 0 Å². The summed E-state index contributed by atoms with van der Waals surface area (Å²) in [5.41, 5.74) is 1.87. The number of hydrogen-bond acceptors (Lipinski definition) is 2. The minimum atomic E-state index is -0.337. The zero-order valence-electron chi connectivity index (χ0n) is 10.8. The monoisotopic (exact) mass is 282 g/mol. The molecule has 0 fully saturated rings. The van der Waals surface area contributed by atoms with Gasteiger partial charge in [-0.3, -0.25) is 0 Å². The van der Waals surface area contributed by atoms with Crippen LogP contribution in [0.4, 0.5) is 4.39 Å². The first kappa shape index (κ1) is 14.1. The van der Waals surface area contributed by atoms with E-state index in [-0.39, 0.29) is 10.9 Å². The summed E-state index contributed by atoms with van der Waals surface area (Å²) in [6, 6.07) is 7.65. The van der Waals surface area contributed by atoms with Gasteiger partial charge < -0.3 is 9.47 Å². The van der Waals surface area contributed by atoms with E-state index < -0.39 is 0 Å². The van der Waals surface area contributed by atoms with Gasteiger partial charge in [-0.15, -0.1) is 0 Å². The fourth-order valence-corrected chi connectivity index (χ4v) is 2.12. The van der Waals surface area contributed by atoms with E-state index in [0.29, 0.717) is 19.6 Å². The van der Waals surface area contributed by atoms with Crippen LogP contribution in [0.5, 0.6) is 5.75 Å². The molecule has 2 rings (SSSR count). The summed E-state index contributed by atoms with van der Waals surface area (Å²) in [5.74, 6) is 0.477. The Morgan fingerprint density at radius 1 is 1.21 bits per heavy atom. The summed E-state index contributed by atoms with van der Waals surface area (Å²) < 4.78 is 23.9. The van der Waals surface area contributed by atoms with Gasteiger partial charge in [0, 0.05) is 0 Å². The van der Waals surface area contributed by atoms with E-state index in [4.69, 9.17) is 21.1 Å². The highest BCUT2D eigenvalue weighted by molar-refractivity contribution is 6.32. The molecule has 102 valence electrons. The van der Waals surface area contributed by atoms with Crippen LogP contribution in [0.3, 0.4) is 0 Å². The van der Waals surface area contributed by atoms with Crippen molar-refractivity contribution in [1.82, 2.24) is 0 Å². The van der Waals surface area contributed by atoms with E-state index in [1.807, 2.05) is 24.3 Å². The number of ether oxygens (including phenoxy) is 2. The molecule has 1 aliphatic carbocycles. The van der Waals surface area contributed by atoms with Crippen molar-refractivity contribution < 1.29 is 13.9 Å². The van der Waals surface area contributed by atoms with E-state index in [9.17, 15) is 4.39 Å². The molecule has 0 unspecified atom stereocenters. The highest BCUT2D eigenvalue weighted by Crippen LogP contribution is 2.29. The summed E-state index contributed by atoms with van der Waals surface area (Å²) in [7, 11) is 1.63. The molecule has 0 aliphatic heterocycles. The van der Waals surface area contributed by atoms with Crippen molar-refractivity contribution in [3.8, 4) is 5.75 Å². The van der Waals surface area contributed by atoms with Crippen LogP contribution < -0.4 is 4.74 Å². The number of hydrogen-bond donors (Lipinski definition) is 0. The van der Waals surface area contributed by atoms with Crippen molar-refractivity contribution >= 4 is 11.6 Å². The summed E-state index contributed by atoms with van der Waals surface area (Å²) >= 11 is 5.89. The first-order chi connectivity index (χ1) is 9.20. The molecule has 1 aliphatic rings. The topological polar surface area (TPSA) is 18.5 Å². The van der Waals surface area contributed by atoms with E-state index >= 15 is 0 Å². The minimum absolute atomic E-state index is 0.209. The Kier molecular flexibility index (Phi) is 5.00. The van der Waals surface area contributed by atoms with Crippen molar-refractivity contribution in [3.05, 3.63) is 52.3 Å². The fourth-order valence-electron chi connectivity index (χ4n) is 1.89. The molecule has 0 radical (unpaired) electrons. The van der Waals surface area contributed by atoms with Crippen molar-refractivity contribution in [2.75, 3.05) is 13.7 Å². The molecule has 0 saturated heterocycles. The largest absolute Gasteiger partial charge is 0.497 e. The standard InChI is InChI=1S/C15H16ClFO2/c1-18-13-7-5-11(6-8-13)9-19-10-12-3-2-4-14(17)15(12)16/h4-8H,2-3,9-10H2,1H3. The number of methoxy groups -OCH3 is 1. The molecule has 0 saturated carbocycles. The number of rotatable bonds is 5. The van der Waals surface area contributed by atoms with Crippen LogP contribution in [0.15, 0.2) is 46.8 Å². The smallest absolute Gasteiger partial charge is 0.137 e. The van der Waals surface area contributed by atoms with Crippen LogP contribution in [0.25, 0.3) is 0 Å². The van der Waals surface area contributed by atoms with Crippen LogP contribution in [0.2, 0.25) is 0 Å². The minimum Gasteiger partial charge on any atom is -0.497 e. The predicted octanol–water partition coefficient (Wildman–Crippen LogP) is 4.35. The van der Waals surface area contributed by atoms with Crippen molar-refractivity contribution in [2.45, 2.75) is 19.4 Å². The highest BCUT2D eigenvalue weighted by atomic mass is 35.5. The summed E-state index contributed by atoms with van der Waals surface area (Å²) in [4.78, 5) is 0. The fraction of sp³-hybridized carbons (Fsp3) is 0.333. The van der Waals surface area contributed by atoms with Gasteiger partial charge >= 0.3 is 0 Å². The molecule has 19 heavy (non-hydrogen) atoms. The van der Waals surface area contributed by atoms with Gasteiger partial charge in [0.2, 0.25) is 0 Å². The van der Waals surface area contributed by atoms with Gasteiger partial charge in [0.25, 0.3) is 0 Å². The van der Waals surface area contributed by atoms with Gasteiger partial charge in [-0.2, -0.15) is 0 Å². The first-order valence-electron chi connectivity index (χ1n) is 6.15. The molecule has 0 N–H and O–H groups in total. The molecule has 2 nitrogen and oxygen atoms in total. The van der Waals surface area contributed by atoms with E-state index in [1.165, 1.54) is 6.08 Å². The van der Waals surface area contributed by atoms with Gasteiger partial charge in [-0.1, -0.05) is 23.7 Å². The second-order valence-corrected chi connectivity index (χ2v) is 4.73. The van der Waals surface area contributed by atoms with E-state index in [2.05, 4.69) is 0 Å². The Hall–Kier alpha value is -1.32. The Bertz CT molecular complexity index is 491. The van der Waals surface area contributed by atoms with Crippen LogP contribution >= 0.6 is 11.6 Å². The molecule has 0 aromatic heterocycles. The first-order valence-corrected chi connectivity index (χ1v) is 6.52. The maximum absolute atomic E-state index is 13.3. The third-order valence-corrected chi connectivity index (χ3v) is 3.44. The molecule has 0 heterocycles. The predicted molar refractivity (Wildman–Crippen MR) is 74.0 cm³/mol. The van der Waals surface area contributed by atoms with Crippen molar-refractivity contribution in [2.24, 2.45) is 0 Å². The molecular formula is C15H16ClFO2. The maximum Gasteiger partial charge on any atom is 0.137 e. The summed E-state index contributed by atoms with van der Waals surface area (Å²) in [5, 5.41) is 0.209. The van der Waals surface area contributed by atoms with Crippen LogP contribution in [0.1, 0.15) is 18.4 Å². The number of allylic oxidation sites excluding steroid dienone is 3.